The summed E-state index contributed by atoms with van der Waals surface area (Å²) in [6.45, 7) is 38.8. The first-order valence-electron chi connectivity index (χ1n) is 22.3. The minimum atomic E-state index is 0.194. The normalized spacial score (nSPS) is 12.3. The Morgan fingerprint density at radius 1 is 0.470 bits per heavy atom. The van der Waals surface area contributed by atoms with Crippen molar-refractivity contribution in [2.75, 3.05) is 0 Å². The maximum atomic E-state index is 5.13. The first kappa shape index (κ1) is 59.4. The standard InChI is InChI=1S/C28H40N2.C27H31N3.2BrH.2ClH.Fe.Ni/c1-17(2)23-13-11-14-24(18(3)4)27(23)29-21(9)22(10)30-28-25(19(5)6)15-12-16-26(28)20(7)8;1-16-12-18(3)26(19(4)13-16)28-22(7)24-10-9-11-25(30-24)23(8)29-27-20(5)14-17(2)15-21(27)6;;;;;;/h11-20H,1-10H3;9-15H,1-8H3;4*1H;;/q;;;;;;2*+2/p-4. The first-order chi connectivity index (χ1) is 31.0. The van der Waals surface area contributed by atoms with E-state index < -0.39 is 0 Å². The molecule has 362 valence electrons. The van der Waals surface area contributed by atoms with Crippen molar-refractivity contribution in [3.8, 4) is 0 Å². The predicted molar refractivity (Wildman–Crippen MR) is 294 cm³/mol. The summed E-state index contributed by atoms with van der Waals surface area (Å²) in [7, 11) is 10.8. The van der Waals surface area contributed by atoms with E-state index in [4.69, 9.17) is 45.1 Å². The van der Waals surface area contributed by atoms with Crippen LogP contribution in [0.4, 0.5) is 22.7 Å². The first-order valence-corrected chi connectivity index (χ1v) is 30.2. The average Bonchev–Trinajstić information content (AvgIpc) is 3.23. The number of aryl methyl sites for hydroxylation is 6. The Kier molecular flexibility index (Phi) is 26.4. The number of benzene rings is 4. The van der Waals surface area contributed by atoms with Gasteiger partial charge in [-0.3, -0.25) is 20.0 Å². The minimum absolute atomic E-state index is 0.194. The van der Waals surface area contributed by atoms with Crippen LogP contribution in [0.2, 0.25) is 0 Å². The van der Waals surface area contributed by atoms with Crippen LogP contribution in [0, 0.1) is 41.5 Å². The molecule has 5 nitrogen and oxygen atoms in total. The number of aromatic nitrogens is 1. The van der Waals surface area contributed by atoms with Crippen molar-refractivity contribution in [1.29, 1.82) is 0 Å². The third kappa shape index (κ3) is 18.0. The monoisotopic (exact) mass is 1140 g/mol. The zero-order valence-corrected chi connectivity index (χ0v) is 49.0. The maximum absolute atomic E-state index is 5.13. The molecular formula is C55H71Br2Cl2FeN5Ni. The Hall–Kier alpha value is -2.74. The molecule has 1 heterocycles. The van der Waals surface area contributed by atoms with E-state index in [1.807, 2.05) is 32.0 Å². The Morgan fingerprint density at radius 3 is 0.955 bits per heavy atom. The molecule has 66 heavy (non-hydrogen) atoms. The molecule has 0 saturated heterocycles. The molecule has 0 bridgehead atoms. The van der Waals surface area contributed by atoms with Gasteiger partial charge in [0.25, 0.3) is 0 Å². The zero-order chi connectivity index (χ0) is 50.0. The van der Waals surface area contributed by atoms with E-state index in [2.05, 4.69) is 200 Å². The second-order valence-corrected chi connectivity index (χ2v) is 24.8. The van der Waals surface area contributed by atoms with Crippen LogP contribution in [0.25, 0.3) is 0 Å². The molecule has 4 aromatic carbocycles. The van der Waals surface area contributed by atoms with Crippen LogP contribution in [-0.2, 0) is 24.0 Å². The van der Waals surface area contributed by atoms with Crippen LogP contribution in [0.1, 0.15) is 174 Å². The number of rotatable bonds is 11. The van der Waals surface area contributed by atoms with Crippen LogP contribution in [0.5, 0.6) is 0 Å². The van der Waals surface area contributed by atoms with Gasteiger partial charge in [0, 0.05) is 0 Å². The molecule has 0 unspecified atom stereocenters. The summed E-state index contributed by atoms with van der Waals surface area (Å²) in [5, 5.41) is 0. The van der Waals surface area contributed by atoms with Gasteiger partial charge in [0.15, 0.2) is 0 Å². The Morgan fingerprint density at radius 2 is 0.712 bits per heavy atom. The summed E-state index contributed by atoms with van der Waals surface area (Å²) in [5.74, 6) is 1.73. The van der Waals surface area contributed by atoms with Crippen molar-refractivity contribution < 1.29 is 24.0 Å². The van der Waals surface area contributed by atoms with Gasteiger partial charge >= 0.3 is 72.7 Å². The van der Waals surface area contributed by atoms with Crippen molar-refractivity contribution in [3.05, 3.63) is 146 Å². The Labute approximate surface area is 433 Å². The van der Waals surface area contributed by atoms with Gasteiger partial charge in [-0.25, -0.2) is 4.98 Å². The summed E-state index contributed by atoms with van der Waals surface area (Å²) in [6, 6.07) is 27.9. The quantitative estimate of drug-likeness (QED) is 0.0960. The number of hydrogen-bond acceptors (Lipinski definition) is 5. The summed E-state index contributed by atoms with van der Waals surface area (Å²) in [4.78, 5) is 24.9. The van der Waals surface area contributed by atoms with Crippen LogP contribution >= 0.6 is 48.6 Å². The third-order valence-electron chi connectivity index (χ3n) is 11.1. The molecule has 5 aromatic rings. The molecule has 1 aromatic heterocycles. The molecule has 0 N–H and O–H groups in total. The zero-order valence-electron chi connectivity index (χ0n) is 42.2. The van der Waals surface area contributed by atoms with E-state index >= 15 is 0 Å². The van der Waals surface area contributed by atoms with Gasteiger partial charge in [0.05, 0.1) is 57.0 Å². The number of para-hydroxylation sites is 2. The Balaban J connectivity index is 0.000000405. The van der Waals surface area contributed by atoms with Crippen LogP contribution in [-0.4, -0.2) is 27.8 Å². The number of nitrogens with zero attached hydrogens (tertiary/aromatic N) is 5. The molecule has 0 atom stereocenters. The van der Waals surface area contributed by atoms with Gasteiger partial charge in [-0.05, 0) is 150 Å². The van der Waals surface area contributed by atoms with Crippen molar-refractivity contribution in [2.24, 2.45) is 20.0 Å². The molecule has 0 spiro atoms. The second kappa shape index (κ2) is 29.3. The third-order valence-corrected chi connectivity index (χ3v) is 11.1. The molecule has 0 saturated carbocycles. The van der Waals surface area contributed by atoms with Crippen molar-refractivity contribution in [3.63, 3.8) is 0 Å². The fourth-order valence-corrected chi connectivity index (χ4v) is 7.76. The molecule has 0 aliphatic carbocycles. The number of halogens is 4. The molecule has 0 aliphatic heterocycles. The SMILES string of the molecule is CC(=Nc1c(C(C)C)cccc1C(C)C)C(C)=Nc1c(C(C)C)cccc1C(C)C.CC(=Nc1c(C)cc(C)cc1C)c1cccc(C(C)=Nc2c(C)cc(C)cc2C)n1.[Br][Ni][Br].[Cl][Fe][Cl]. The van der Waals surface area contributed by atoms with Crippen molar-refractivity contribution in [1.82, 2.24) is 4.98 Å². The van der Waals surface area contributed by atoms with Gasteiger partial charge in [0.1, 0.15) is 0 Å². The fraction of sp³-hybridized carbons (Fsp3) is 0.400. The molecule has 0 fully saturated rings. The van der Waals surface area contributed by atoms with Gasteiger partial charge < -0.3 is 0 Å². The fourth-order valence-electron chi connectivity index (χ4n) is 7.76. The molecule has 5 rings (SSSR count). The van der Waals surface area contributed by atoms with Gasteiger partial charge in [-0.1, -0.05) is 133 Å². The summed E-state index contributed by atoms with van der Waals surface area (Å²) in [6.07, 6.45) is 0. The van der Waals surface area contributed by atoms with Gasteiger partial charge in [0.2, 0.25) is 0 Å². The van der Waals surface area contributed by atoms with Gasteiger partial charge in [-0.15, -0.1) is 0 Å². The Bertz CT molecular complexity index is 2240. The van der Waals surface area contributed by atoms with E-state index in [9.17, 15) is 0 Å². The van der Waals surface area contributed by atoms with E-state index in [0.29, 0.717) is 23.7 Å². The second-order valence-electron chi connectivity index (χ2n) is 18.0. The predicted octanol–water partition coefficient (Wildman–Crippen LogP) is 19.3. The number of hydrogen-bond donors (Lipinski definition) is 0. The van der Waals surface area contributed by atoms with Crippen molar-refractivity contribution in [2.45, 2.75) is 148 Å². The van der Waals surface area contributed by atoms with Crippen LogP contribution in [0.3, 0.4) is 0 Å². The number of pyridine rings is 1. The van der Waals surface area contributed by atoms with Crippen LogP contribution in [0.15, 0.2) is 98.8 Å². The topological polar surface area (TPSA) is 62.3 Å². The van der Waals surface area contributed by atoms with Crippen molar-refractivity contribution >= 4 is 94.2 Å². The van der Waals surface area contributed by atoms with E-state index in [-0.39, 0.29) is 13.1 Å². The molecule has 0 aliphatic rings. The van der Waals surface area contributed by atoms with E-state index in [0.717, 1.165) is 57.0 Å². The summed E-state index contributed by atoms with van der Waals surface area (Å²) < 4.78 is 0. The van der Waals surface area contributed by atoms with E-state index in [1.165, 1.54) is 66.5 Å². The summed E-state index contributed by atoms with van der Waals surface area (Å²) in [5.41, 5.74) is 22.3. The molecule has 11 heteroatoms. The van der Waals surface area contributed by atoms with E-state index in [1.54, 1.807) is 0 Å². The average molecular weight is 1150 g/mol. The molecular weight excluding hydrogens is 1080 g/mol. The van der Waals surface area contributed by atoms with Gasteiger partial charge in [-0.2, -0.15) is 0 Å². The molecule has 0 amide bonds. The van der Waals surface area contributed by atoms with Crippen LogP contribution < -0.4 is 0 Å². The molecule has 0 radical (unpaired) electrons. The summed E-state index contributed by atoms with van der Waals surface area (Å²) >= 11 is 6.19. The number of aliphatic imine (C=N–C) groups is 4.